The molecule has 0 bridgehead atoms. The number of ether oxygens (including phenoxy) is 12. The van der Waals surface area contributed by atoms with Gasteiger partial charge in [-0.05, 0) is 12.0 Å². The predicted octanol–water partition coefficient (Wildman–Crippen LogP) is 7.10. The number of esters is 1. The summed E-state index contributed by atoms with van der Waals surface area (Å²) >= 11 is 0. The molecule has 0 heterocycles. The van der Waals surface area contributed by atoms with Gasteiger partial charge in [0.15, 0.2) is 0 Å². The van der Waals surface area contributed by atoms with Gasteiger partial charge in [0.2, 0.25) is 0 Å². The Morgan fingerprint density at radius 1 is 0.393 bits per heavy atom. The number of carbonyl (C=O) groups is 2. The van der Waals surface area contributed by atoms with Crippen LogP contribution in [0.15, 0.2) is 30.3 Å². The summed E-state index contributed by atoms with van der Waals surface area (Å²) in [6.07, 6.45) is 16.8. The van der Waals surface area contributed by atoms with Crippen LogP contribution >= 0.6 is 0 Å². The fourth-order valence-corrected chi connectivity index (χ4v) is 5.65. The van der Waals surface area contributed by atoms with Gasteiger partial charge >= 0.3 is 12.1 Å². The molecule has 1 rings (SSSR count). The Morgan fingerprint density at radius 2 is 0.721 bits per heavy atom. The number of alkyl carbamates (subject to hydrolysis) is 1. The lowest BCUT2D eigenvalue weighted by atomic mass is 10.0. The number of nitrogens with one attached hydrogen (secondary N) is 1. The van der Waals surface area contributed by atoms with E-state index in [0.717, 1.165) is 18.4 Å². The molecule has 0 radical (unpaired) electrons. The summed E-state index contributed by atoms with van der Waals surface area (Å²) < 4.78 is 65.3. The molecule has 1 aromatic rings. The lowest BCUT2D eigenvalue weighted by Gasteiger charge is -2.09. The van der Waals surface area contributed by atoms with Gasteiger partial charge in [-0.25, -0.2) is 4.79 Å². The zero-order valence-electron chi connectivity index (χ0n) is 37.8. The van der Waals surface area contributed by atoms with Crippen LogP contribution in [0.25, 0.3) is 0 Å². The number of rotatable bonds is 49. The monoisotopic (exact) mass is 874 g/mol. The van der Waals surface area contributed by atoms with Crippen LogP contribution in [0, 0.1) is 0 Å². The number of hydrogen-bond acceptors (Lipinski definition) is 14. The fraction of sp³-hybridized carbons (Fsp3) is 0.826. The summed E-state index contributed by atoms with van der Waals surface area (Å²) in [6, 6.07) is 9.51. The largest absolute Gasteiger partial charge is 0.463 e. The lowest BCUT2D eigenvalue weighted by Crippen LogP contribution is -2.28. The third-order valence-electron chi connectivity index (χ3n) is 9.05. The molecule has 0 saturated carbocycles. The minimum atomic E-state index is -0.471. The second kappa shape index (κ2) is 48.6. The van der Waals surface area contributed by atoms with Crippen LogP contribution in [0.2, 0.25) is 0 Å². The number of unbranched alkanes of at least 4 members (excludes halogenated alkanes) is 12. The van der Waals surface area contributed by atoms with E-state index in [2.05, 4.69) is 12.2 Å². The molecule has 1 N–H and O–H groups in total. The van der Waals surface area contributed by atoms with Crippen LogP contribution in [-0.4, -0.2) is 157 Å². The van der Waals surface area contributed by atoms with Crippen LogP contribution in [0.5, 0.6) is 0 Å². The first kappa shape index (κ1) is 56.6. The van der Waals surface area contributed by atoms with Gasteiger partial charge in [0.05, 0.1) is 132 Å². The predicted molar refractivity (Wildman–Crippen MR) is 234 cm³/mol. The van der Waals surface area contributed by atoms with E-state index in [4.69, 9.17) is 56.8 Å². The topological polar surface area (TPSA) is 157 Å². The Hall–Kier alpha value is -2.44. The molecular weight excluding hydrogens is 790 g/mol. The molecule has 0 saturated heterocycles. The molecule has 15 nitrogen and oxygen atoms in total. The molecule has 61 heavy (non-hydrogen) atoms. The van der Waals surface area contributed by atoms with Gasteiger partial charge in [-0.1, -0.05) is 114 Å². The van der Waals surface area contributed by atoms with Gasteiger partial charge in [-0.15, -0.1) is 0 Å². The quantitative estimate of drug-likeness (QED) is 0.0522. The van der Waals surface area contributed by atoms with E-state index in [0.29, 0.717) is 145 Å². The van der Waals surface area contributed by atoms with Crippen molar-refractivity contribution in [3.8, 4) is 0 Å². The highest BCUT2D eigenvalue weighted by atomic mass is 16.6. The smallest absolute Gasteiger partial charge is 0.407 e. The minimum Gasteiger partial charge on any atom is -0.463 e. The third kappa shape index (κ3) is 45.4. The minimum absolute atomic E-state index is 0.136. The van der Waals surface area contributed by atoms with E-state index in [1.807, 2.05) is 30.3 Å². The molecule has 15 heteroatoms. The Morgan fingerprint density at radius 3 is 1.10 bits per heavy atom. The Labute approximate surface area is 367 Å². The number of benzene rings is 1. The molecule has 1 amide bonds. The maximum atomic E-state index is 11.9. The van der Waals surface area contributed by atoms with Gasteiger partial charge in [-0.3, -0.25) is 4.79 Å². The third-order valence-corrected chi connectivity index (χ3v) is 9.05. The van der Waals surface area contributed by atoms with E-state index in [1.165, 1.54) is 70.6 Å². The number of hydrogen-bond donors (Lipinski definition) is 1. The van der Waals surface area contributed by atoms with Crippen molar-refractivity contribution in [3.63, 3.8) is 0 Å². The molecule has 0 atom stereocenters. The average Bonchev–Trinajstić information content (AvgIpc) is 3.27. The van der Waals surface area contributed by atoms with E-state index in [1.54, 1.807) is 0 Å². The molecule has 0 aliphatic carbocycles. The van der Waals surface area contributed by atoms with Crippen LogP contribution in [0.4, 0.5) is 4.79 Å². The molecule has 0 aliphatic rings. The van der Waals surface area contributed by atoms with E-state index < -0.39 is 6.09 Å². The zero-order valence-corrected chi connectivity index (χ0v) is 37.8. The molecule has 0 spiro atoms. The number of carbonyl (C=O) groups excluding carboxylic acids is 2. The second-order valence-corrected chi connectivity index (χ2v) is 14.3. The van der Waals surface area contributed by atoms with Crippen LogP contribution < -0.4 is 5.32 Å². The first-order valence-corrected chi connectivity index (χ1v) is 23.1. The summed E-state index contributed by atoms with van der Waals surface area (Å²) in [4.78, 5) is 23.6. The van der Waals surface area contributed by atoms with E-state index in [9.17, 15) is 9.59 Å². The number of amides is 1. The maximum Gasteiger partial charge on any atom is 0.407 e. The molecule has 0 fully saturated rings. The van der Waals surface area contributed by atoms with Crippen LogP contribution in [0.3, 0.4) is 0 Å². The first-order valence-electron chi connectivity index (χ1n) is 23.1. The Kier molecular flexibility index (Phi) is 45.1. The zero-order chi connectivity index (χ0) is 43.6. The summed E-state index contributed by atoms with van der Waals surface area (Å²) in [5.74, 6) is -0.136. The highest BCUT2D eigenvalue weighted by Crippen LogP contribution is 2.13. The Balaban J connectivity index is 1.64. The van der Waals surface area contributed by atoms with Gasteiger partial charge in [0.1, 0.15) is 13.2 Å². The van der Waals surface area contributed by atoms with Crippen molar-refractivity contribution >= 4 is 12.1 Å². The van der Waals surface area contributed by atoms with Crippen molar-refractivity contribution in [1.82, 2.24) is 5.32 Å². The fourth-order valence-electron chi connectivity index (χ4n) is 5.65. The molecule has 356 valence electrons. The lowest BCUT2D eigenvalue weighted by molar-refractivity contribution is -0.145. The highest BCUT2D eigenvalue weighted by molar-refractivity contribution is 5.69. The molecular formula is C46H83NO14. The van der Waals surface area contributed by atoms with Crippen molar-refractivity contribution in [1.29, 1.82) is 0 Å². The van der Waals surface area contributed by atoms with Crippen LogP contribution in [0.1, 0.15) is 102 Å². The normalized spacial score (nSPS) is 11.3. The highest BCUT2D eigenvalue weighted by Gasteiger charge is 2.04. The summed E-state index contributed by atoms with van der Waals surface area (Å²) in [7, 11) is 0. The van der Waals surface area contributed by atoms with Crippen molar-refractivity contribution in [2.75, 3.05) is 145 Å². The summed E-state index contributed by atoms with van der Waals surface area (Å²) in [5.41, 5.74) is 0.936. The van der Waals surface area contributed by atoms with E-state index >= 15 is 0 Å². The average molecular weight is 874 g/mol. The Bertz CT molecular complexity index is 1040. The molecule has 0 unspecified atom stereocenters. The standard InChI is InChI=1S/C46H83NO14/c1-2-3-4-5-6-7-8-9-10-11-12-13-17-20-45(48)60-42-41-59-40-39-58-38-37-57-36-35-56-34-33-55-32-31-54-30-29-53-28-27-52-26-25-51-24-23-50-22-21-47-46(49)61-43-44-18-15-14-16-19-44/h14-16,18-19H,2-13,17,20-43H2,1H3,(H,47,49). The summed E-state index contributed by atoms with van der Waals surface area (Å²) in [5, 5.41) is 2.65. The van der Waals surface area contributed by atoms with Crippen molar-refractivity contribution in [2.24, 2.45) is 0 Å². The first-order chi connectivity index (χ1) is 30.2. The van der Waals surface area contributed by atoms with Gasteiger partial charge in [0, 0.05) is 13.0 Å². The molecule has 1 aromatic carbocycles. The van der Waals surface area contributed by atoms with Gasteiger partial charge in [0.25, 0.3) is 0 Å². The second-order valence-electron chi connectivity index (χ2n) is 14.3. The maximum absolute atomic E-state index is 11.9. The SMILES string of the molecule is CCCCCCCCCCCCCCCC(=O)OCCOCCOCCOCCOCCOCCOCCOCCOCCOCCOCCNC(=O)OCc1ccccc1. The van der Waals surface area contributed by atoms with Crippen molar-refractivity contribution < 1.29 is 66.4 Å². The summed E-state index contributed by atoms with van der Waals surface area (Å²) in [6.45, 7) is 12.4. The van der Waals surface area contributed by atoms with Crippen molar-refractivity contribution in [3.05, 3.63) is 35.9 Å². The van der Waals surface area contributed by atoms with Gasteiger partial charge in [-0.2, -0.15) is 0 Å². The molecule has 0 aliphatic heterocycles. The van der Waals surface area contributed by atoms with Gasteiger partial charge < -0.3 is 62.2 Å². The van der Waals surface area contributed by atoms with Crippen molar-refractivity contribution in [2.45, 2.75) is 103 Å². The van der Waals surface area contributed by atoms with Crippen LogP contribution in [-0.2, 0) is 68.2 Å². The van der Waals surface area contributed by atoms with E-state index in [-0.39, 0.29) is 19.2 Å². The molecule has 0 aromatic heterocycles.